The molecule has 2 N–H and O–H groups in total. The van der Waals surface area contributed by atoms with E-state index in [9.17, 15) is 13.6 Å². The fraction of sp³-hybridized carbons (Fsp3) is 0.632. The number of anilines is 1. The first-order valence-electron chi connectivity index (χ1n) is 9.67. The molecule has 148 valence electrons. The van der Waals surface area contributed by atoms with Crippen molar-refractivity contribution in [3.05, 3.63) is 18.2 Å². The zero-order valence-electron chi connectivity index (χ0n) is 15.2. The van der Waals surface area contributed by atoms with E-state index < -0.39 is 6.29 Å². The lowest BCUT2D eigenvalue weighted by molar-refractivity contribution is -0.286. The van der Waals surface area contributed by atoms with E-state index in [0.29, 0.717) is 5.69 Å². The molecule has 4 rings (SSSR count). The first-order valence-corrected chi connectivity index (χ1v) is 9.67. The van der Waals surface area contributed by atoms with Crippen LogP contribution in [-0.2, 0) is 0 Å². The van der Waals surface area contributed by atoms with Crippen LogP contribution in [0.15, 0.2) is 18.2 Å². The van der Waals surface area contributed by atoms with Gasteiger partial charge in [-0.15, -0.1) is 8.78 Å². The predicted octanol–water partition coefficient (Wildman–Crippen LogP) is 3.78. The third kappa shape index (κ3) is 4.61. The number of piperidine rings is 1. The molecule has 2 fully saturated rings. The van der Waals surface area contributed by atoms with E-state index in [1.165, 1.54) is 50.4 Å². The summed E-state index contributed by atoms with van der Waals surface area (Å²) in [6, 6.07) is 3.99. The number of ether oxygens (including phenoxy) is 2. The van der Waals surface area contributed by atoms with Crippen molar-refractivity contribution in [2.75, 3.05) is 25.0 Å². The maximum Gasteiger partial charge on any atom is 0.586 e. The number of carbonyl (C=O) groups is 1. The molecule has 1 saturated carbocycles. The normalized spacial score (nSPS) is 22.7. The molecule has 0 bridgehead atoms. The number of hydrogen-bond acceptors (Lipinski definition) is 4. The van der Waals surface area contributed by atoms with Gasteiger partial charge in [0.15, 0.2) is 11.5 Å². The molecule has 0 spiro atoms. The maximum atomic E-state index is 13.1. The van der Waals surface area contributed by atoms with Crippen LogP contribution in [0, 0.1) is 5.92 Å². The van der Waals surface area contributed by atoms with Gasteiger partial charge in [0, 0.05) is 37.4 Å². The van der Waals surface area contributed by atoms with Crippen LogP contribution in [0.2, 0.25) is 0 Å². The summed E-state index contributed by atoms with van der Waals surface area (Å²) < 4.78 is 34.8. The summed E-state index contributed by atoms with van der Waals surface area (Å²) in [5, 5.41) is 5.64. The van der Waals surface area contributed by atoms with Gasteiger partial charge in [-0.3, -0.25) is 0 Å². The molecular weight excluding hydrogens is 356 g/mol. The molecule has 1 saturated heterocycles. The SMILES string of the molecule is O=C(Nc1ccc2c(c1)OC(F)(F)O2)NC1CCN(CC2CCCC2)CC1. The summed E-state index contributed by atoms with van der Waals surface area (Å²) in [6.07, 6.45) is 3.61. The average molecular weight is 381 g/mol. The van der Waals surface area contributed by atoms with E-state index >= 15 is 0 Å². The molecule has 8 heteroatoms. The number of fused-ring (bicyclic) bond motifs is 1. The average Bonchev–Trinajstić information content (AvgIpc) is 3.22. The van der Waals surface area contributed by atoms with Gasteiger partial charge in [0.1, 0.15) is 0 Å². The lowest BCUT2D eigenvalue weighted by Gasteiger charge is -2.33. The summed E-state index contributed by atoms with van der Waals surface area (Å²) >= 11 is 0. The van der Waals surface area contributed by atoms with Gasteiger partial charge in [-0.1, -0.05) is 12.8 Å². The molecular formula is C19H25F2N3O3. The van der Waals surface area contributed by atoms with Crippen LogP contribution in [0.4, 0.5) is 19.3 Å². The lowest BCUT2D eigenvalue weighted by atomic mass is 10.0. The van der Waals surface area contributed by atoms with Crippen molar-refractivity contribution < 1.29 is 23.0 Å². The number of urea groups is 1. The van der Waals surface area contributed by atoms with E-state index in [0.717, 1.165) is 31.8 Å². The third-order valence-corrected chi connectivity index (χ3v) is 5.57. The van der Waals surface area contributed by atoms with Crippen molar-refractivity contribution in [1.82, 2.24) is 10.2 Å². The first kappa shape index (κ1) is 18.3. The fourth-order valence-corrected chi connectivity index (χ4v) is 4.20. The fourth-order valence-electron chi connectivity index (χ4n) is 4.20. The van der Waals surface area contributed by atoms with Crippen LogP contribution in [0.5, 0.6) is 11.5 Å². The summed E-state index contributed by atoms with van der Waals surface area (Å²) in [5.41, 5.74) is 0.381. The largest absolute Gasteiger partial charge is 0.586 e. The molecule has 1 aliphatic carbocycles. The Morgan fingerprint density at radius 1 is 1.11 bits per heavy atom. The minimum Gasteiger partial charge on any atom is -0.395 e. The van der Waals surface area contributed by atoms with Crippen molar-refractivity contribution in [3.8, 4) is 11.5 Å². The third-order valence-electron chi connectivity index (χ3n) is 5.57. The van der Waals surface area contributed by atoms with Crippen molar-refractivity contribution >= 4 is 11.7 Å². The summed E-state index contributed by atoms with van der Waals surface area (Å²) in [6.45, 7) is 3.18. The number of hydrogen-bond donors (Lipinski definition) is 2. The number of nitrogens with zero attached hydrogens (tertiary/aromatic N) is 1. The molecule has 6 nitrogen and oxygen atoms in total. The minimum absolute atomic E-state index is 0.0411. The second-order valence-electron chi connectivity index (χ2n) is 7.65. The van der Waals surface area contributed by atoms with Crippen molar-refractivity contribution in [1.29, 1.82) is 0 Å². The molecule has 2 aliphatic heterocycles. The molecule has 2 heterocycles. The number of halogens is 2. The van der Waals surface area contributed by atoms with E-state index in [-0.39, 0.29) is 23.6 Å². The quantitative estimate of drug-likeness (QED) is 0.833. The number of alkyl halides is 2. The highest BCUT2D eigenvalue weighted by Crippen LogP contribution is 2.42. The zero-order chi connectivity index (χ0) is 18.9. The van der Waals surface area contributed by atoms with E-state index in [1.54, 1.807) is 0 Å². The van der Waals surface area contributed by atoms with Gasteiger partial charge >= 0.3 is 12.3 Å². The second kappa shape index (κ2) is 7.50. The molecule has 0 unspecified atom stereocenters. The van der Waals surface area contributed by atoms with Crippen LogP contribution in [0.25, 0.3) is 0 Å². The van der Waals surface area contributed by atoms with Crippen LogP contribution >= 0.6 is 0 Å². The van der Waals surface area contributed by atoms with Gasteiger partial charge < -0.3 is 25.0 Å². The monoisotopic (exact) mass is 381 g/mol. The topological polar surface area (TPSA) is 62.8 Å². The number of benzene rings is 1. The molecule has 1 aromatic rings. The highest BCUT2D eigenvalue weighted by molar-refractivity contribution is 5.89. The molecule has 0 radical (unpaired) electrons. The van der Waals surface area contributed by atoms with Crippen LogP contribution in [0.3, 0.4) is 0 Å². The van der Waals surface area contributed by atoms with Gasteiger partial charge in [-0.25, -0.2) is 4.79 Å². The molecule has 1 aromatic carbocycles. The van der Waals surface area contributed by atoms with Crippen molar-refractivity contribution in [2.24, 2.45) is 5.92 Å². The maximum absolute atomic E-state index is 13.1. The Hall–Kier alpha value is -2.09. The van der Waals surface area contributed by atoms with Crippen LogP contribution in [-0.4, -0.2) is 42.9 Å². The Balaban J connectivity index is 1.22. The molecule has 27 heavy (non-hydrogen) atoms. The highest BCUT2D eigenvalue weighted by atomic mass is 19.3. The number of amides is 2. The summed E-state index contributed by atoms with van der Waals surface area (Å²) in [7, 11) is 0. The van der Waals surface area contributed by atoms with Gasteiger partial charge in [0.05, 0.1) is 0 Å². The smallest absolute Gasteiger partial charge is 0.395 e. The lowest BCUT2D eigenvalue weighted by Crippen LogP contribution is -2.46. The Bertz CT molecular complexity index is 687. The van der Waals surface area contributed by atoms with Crippen molar-refractivity contribution in [3.63, 3.8) is 0 Å². The standard InChI is InChI=1S/C19H25F2N3O3/c20-19(21)26-16-6-5-15(11-17(16)27-19)23-18(25)22-14-7-9-24(10-8-14)12-13-3-1-2-4-13/h5-6,11,13-14H,1-4,7-10,12H2,(H2,22,23,25). The zero-order valence-corrected chi connectivity index (χ0v) is 15.2. The Morgan fingerprint density at radius 3 is 2.56 bits per heavy atom. The Labute approximate surface area is 157 Å². The van der Waals surface area contributed by atoms with Crippen molar-refractivity contribution in [2.45, 2.75) is 50.9 Å². The Morgan fingerprint density at radius 2 is 1.81 bits per heavy atom. The summed E-state index contributed by atoms with van der Waals surface area (Å²) in [5.74, 6) is 0.717. The molecule has 0 atom stereocenters. The van der Waals surface area contributed by atoms with E-state index in [2.05, 4.69) is 25.0 Å². The molecule has 0 aromatic heterocycles. The minimum atomic E-state index is -3.66. The predicted molar refractivity (Wildman–Crippen MR) is 96.2 cm³/mol. The Kier molecular flexibility index (Phi) is 5.08. The second-order valence-corrected chi connectivity index (χ2v) is 7.65. The van der Waals surface area contributed by atoms with Gasteiger partial charge in [-0.2, -0.15) is 0 Å². The first-order chi connectivity index (χ1) is 13.0. The molecule has 3 aliphatic rings. The number of rotatable bonds is 4. The molecule has 2 amide bonds. The van der Waals surface area contributed by atoms with Crippen LogP contribution < -0.4 is 20.1 Å². The number of likely N-dealkylation sites (tertiary alicyclic amines) is 1. The number of carbonyl (C=O) groups excluding carboxylic acids is 1. The number of nitrogens with one attached hydrogen (secondary N) is 2. The highest BCUT2D eigenvalue weighted by Gasteiger charge is 2.43. The van der Waals surface area contributed by atoms with Gasteiger partial charge in [-0.05, 0) is 43.7 Å². The van der Waals surface area contributed by atoms with E-state index in [1.807, 2.05) is 0 Å². The van der Waals surface area contributed by atoms with Crippen LogP contribution in [0.1, 0.15) is 38.5 Å². The summed E-state index contributed by atoms with van der Waals surface area (Å²) in [4.78, 5) is 14.7. The van der Waals surface area contributed by atoms with E-state index in [4.69, 9.17) is 0 Å². The van der Waals surface area contributed by atoms with Gasteiger partial charge in [0.2, 0.25) is 0 Å². The van der Waals surface area contributed by atoms with Gasteiger partial charge in [0.25, 0.3) is 0 Å².